The molecule has 0 heterocycles. The summed E-state index contributed by atoms with van der Waals surface area (Å²) in [6.07, 6.45) is 0.956. The zero-order valence-corrected chi connectivity index (χ0v) is 8.45. The van der Waals surface area contributed by atoms with E-state index in [1.807, 2.05) is 13.0 Å². The number of nitrogens with zero attached hydrogens (tertiary/aromatic N) is 1. The zero-order chi connectivity index (χ0) is 10.6. The molecule has 0 amide bonds. The number of hydrogen-bond donors (Lipinski definition) is 0. The van der Waals surface area contributed by atoms with Gasteiger partial charge in [-0.3, -0.25) is 0 Å². The van der Waals surface area contributed by atoms with Crippen molar-refractivity contribution in [1.29, 1.82) is 5.26 Å². The predicted molar refractivity (Wildman–Crippen MR) is 53.1 cm³/mol. The summed E-state index contributed by atoms with van der Waals surface area (Å²) in [5, 5.41) is 9.13. The van der Waals surface area contributed by atoms with E-state index in [-0.39, 0.29) is 4.90 Å². The van der Waals surface area contributed by atoms with Crippen molar-refractivity contribution in [2.75, 3.05) is 0 Å². The lowest BCUT2D eigenvalue weighted by Crippen LogP contribution is -1.95. The van der Waals surface area contributed by atoms with Gasteiger partial charge in [-0.15, -0.1) is 0 Å². The molecule has 0 aromatic heterocycles. The van der Waals surface area contributed by atoms with Crippen LogP contribution in [0.3, 0.4) is 0 Å². The molecule has 0 bridgehead atoms. The lowest BCUT2D eigenvalue weighted by Gasteiger charge is -1.98. The largest absolute Gasteiger partial charge is 0.219 e. The second kappa shape index (κ2) is 4.07. The van der Waals surface area contributed by atoms with Gasteiger partial charge in [-0.2, -0.15) is 5.26 Å². The first-order valence-electron chi connectivity index (χ1n) is 3.94. The van der Waals surface area contributed by atoms with Gasteiger partial charge in [-0.25, -0.2) is 8.42 Å². The molecule has 0 saturated heterocycles. The molecule has 0 radical (unpaired) electrons. The maximum absolute atomic E-state index is 11.5. The van der Waals surface area contributed by atoms with Crippen LogP contribution in [-0.2, 0) is 9.84 Å². The molecule has 1 aromatic carbocycles. The third-order valence-corrected chi connectivity index (χ3v) is 3.05. The molecule has 0 saturated carbocycles. The van der Waals surface area contributed by atoms with Gasteiger partial charge >= 0.3 is 0 Å². The van der Waals surface area contributed by atoms with Crippen molar-refractivity contribution in [3.63, 3.8) is 0 Å². The van der Waals surface area contributed by atoms with E-state index in [1.165, 1.54) is 6.07 Å². The highest BCUT2D eigenvalue weighted by atomic mass is 32.2. The zero-order valence-electron chi connectivity index (χ0n) is 7.64. The Balaban J connectivity index is 3.19. The van der Waals surface area contributed by atoms with E-state index >= 15 is 0 Å². The lowest BCUT2D eigenvalue weighted by atomic mass is 10.2. The number of rotatable bonds is 2. The molecule has 1 aromatic rings. The summed E-state index contributed by atoms with van der Waals surface area (Å²) < 4.78 is 23.0. The van der Waals surface area contributed by atoms with Gasteiger partial charge in [-0.05, 0) is 24.6 Å². The van der Waals surface area contributed by atoms with Crippen LogP contribution >= 0.6 is 0 Å². The van der Waals surface area contributed by atoms with Crippen molar-refractivity contribution in [2.24, 2.45) is 0 Å². The molecular weight excluding hydrogens is 198 g/mol. The number of hydrogen-bond acceptors (Lipinski definition) is 3. The van der Waals surface area contributed by atoms with Crippen molar-refractivity contribution < 1.29 is 8.42 Å². The van der Waals surface area contributed by atoms with Gasteiger partial charge < -0.3 is 0 Å². The van der Waals surface area contributed by atoms with Gasteiger partial charge in [0.2, 0.25) is 9.84 Å². The quantitative estimate of drug-likeness (QED) is 0.695. The number of allylic oxidation sites excluding steroid dienone is 1. The van der Waals surface area contributed by atoms with E-state index in [2.05, 4.69) is 0 Å². The highest BCUT2D eigenvalue weighted by molar-refractivity contribution is 7.94. The number of nitriles is 1. The SMILES string of the molecule is Cc1cccc(S(=O)(=O)/C=C\C#N)c1. The topological polar surface area (TPSA) is 57.9 Å². The maximum Gasteiger partial charge on any atom is 0.200 e. The molecule has 0 unspecified atom stereocenters. The third kappa shape index (κ3) is 2.44. The van der Waals surface area contributed by atoms with Gasteiger partial charge in [0.25, 0.3) is 0 Å². The molecule has 72 valence electrons. The van der Waals surface area contributed by atoms with Gasteiger partial charge in [0.05, 0.1) is 11.0 Å². The Bertz CT molecular complexity index is 495. The van der Waals surface area contributed by atoms with Gasteiger partial charge in [0.15, 0.2) is 0 Å². The van der Waals surface area contributed by atoms with Crippen molar-refractivity contribution in [2.45, 2.75) is 11.8 Å². The summed E-state index contributed by atoms with van der Waals surface area (Å²) in [4.78, 5) is 0.212. The summed E-state index contributed by atoms with van der Waals surface area (Å²) in [5.74, 6) is 0. The Hall–Kier alpha value is -1.60. The summed E-state index contributed by atoms with van der Waals surface area (Å²) in [5.41, 5.74) is 0.872. The third-order valence-electron chi connectivity index (χ3n) is 1.64. The summed E-state index contributed by atoms with van der Waals surface area (Å²) in [7, 11) is -3.45. The van der Waals surface area contributed by atoms with Gasteiger partial charge in [-0.1, -0.05) is 12.1 Å². The molecule has 0 atom stereocenters. The Morgan fingerprint density at radius 2 is 2.14 bits per heavy atom. The second-order valence-corrected chi connectivity index (χ2v) is 4.63. The monoisotopic (exact) mass is 207 g/mol. The van der Waals surface area contributed by atoms with Crippen LogP contribution in [0.2, 0.25) is 0 Å². The first-order chi connectivity index (χ1) is 6.56. The van der Waals surface area contributed by atoms with Crippen molar-refractivity contribution in [3.05, 3.63) is 41.3 Å². The highest BCUT2D eigenvalue weighted by Gasteiger charge is 2.09. The molecule has 0 N–H and O–H groups in total. The van der Waals surface area contributed by atoms with E-state index in [4.69, 9.17) is 5.26 Å². The molecule has 1 rings (SSSR count). The summed E-state index contributed by atoms with van der Waals surface area (Å²) in [6.45, 7) is 1.81. The molecule has 14 heavy (non-hydrogen) atoms. The molecule has 3 nitrogen and oxygen atoms in total. The van der Waals surface area contributed by atoms with E-state index in [9.17, 15) is 8.42 Å². The van der Waals surface area contributed by atoms with Crippen LogP contribution in [0.5, 0.6) is 0 Å². The van der Waals surface area contributed by atoms with E-state index in [0.717, 1.165) is 17.0 Å². The fraction of sp³-hybridized carbons (Fsp3) is 0.100. The van der Waals surface area contributed by atoms with Gasteiger partial charge in [0, 0.05) is 11.5 Å². The highest BCUT2D eigenvalue weighted by Crippen LogP contribution is 2.13. The number of sulfone groups is 1. The summed E-state index contributed by atoms with van der Waals surface area (Å²) in [6, 6.07) is 8.20. The number of benzene rings is 1. The fourth-order valence-electron chi connectivity index (χ4n) is 0.991. The summed E-state index contributed by atoms with van der Waals surface area (Å²) >= 11 is 0. The normalized spacial score (nSPS) is 11.4. The van der Waals surface area contributed by atoms with Crippen LogP contribution in [0.1, 0.15) is 5.56 Å². The Labute approximate surface area is 83.2 Å². The van der Waals surface area contributed by atoms with E-state index in [0.29, 0.717) is 0 Å². The average molecular weight is 207 g/mol. The minimum absolute atomic E-state index is 0.212. The minimum Gasteiger partial charge on any atom is -0.219 e. The lowest BCUT2D eigenvalue weighted by molar-refractivity contribution is 0.604. The fourth-order valence-corrected chi connectivity index (χ4v) is 2.01. The van der Waals surface area contributed by atoms with Gasteiger partial charge in [0.1, 0.15) is 0 Å². The smallest absolute Gasteiger partial charge is 0.200 e. The first-order valence-corrected chi connectivity index (χ1v) is 5.49. The Kier molecular flexibility index (Phi) is 3.05. The van der Waals surface area contributed by atoms with Crippen LogP contribution in [0.15, 0.2) is 40.6 Å². The van der Waals surface area contributed by atoms with Crippen molar-refractivity contribution in [1.82, 2.24) is 0 Å². The van der Waals surface area contributed by atoms with Crippen molar-refractivity contribution in [3.8, 4) is 6.07 Å². The van der Waals surface area contributed by atoms with Crippen LogP contribution in [0.4, 0.5) is 0 Å². The molecule has 0 spiro atoms. The second-order valence-electron chi connectivity index (χ2n) is 2.79. The van der Waals surface area contributed by atoms with Crippen molar-refractivity contribution >= 4 is 9.84 Å². The Morgan fingerprint density at radius 1 is 1.43 bits per heavy atom. The van der Waals surface area contributed by atoms with Crippen LogP contribution in [0, 0.1) is 18.3 Å². The molecule has 0 aliphatic carbocycles. The average Bonchev–Trinajstić information content (AvgIpc) is 2.15. The van der Waals surface area contributed by atoms with Crippen LogP contribution in [0.25, 0.3) is 0 Å². The van der Waals surface area contributed by atoms with E-state index < -0.39 is 9.84 Å². The minimum atomic E-state index is -3.45. The predicted octanol–water partition coefficient (Wildman–Crippen LogP) is 1.81. The van der Waals surface area contributed by atoms with Crippen LogP contribution in [-0.4, -0.2) is 8.42 Å². The van der Waals surface area contributed by atoms with Crippen LogP contribution < -0.4 is 0 Å². The molecule has 4 heteroatoms. The molecule has 0 fully saturated rings. The standard InChI is InChI=1S/C10H9NO2S/c1-9-4-2-5-10(8-9)14(12,13)7-3-6-11/h2-5,7-8H,1H3/b7-3-. The Morgan fingerprint density at radius 3 is 2.71 bits per heavy atom. The maximum atomic E-state index is 11.5. The molecular formula is C10H9NO2S. The number of aryl methyl sites for hydroxylation is 1. The molecule has 0 aliphatic heterocycles. The first kappa shape index (κ1) is 10.5. The molecule has 0 aliphatic rings. The van der Waals surface area contributed by atoms with E-state index in [1.54, 1.807) is 18.2 Å².